The Balaban J connectivity index is 2.34. The molecule has 0 radical (unpaired) electrons. The minimum atomic E-state index is 0.597. The van der Waals surface area contributed by atoms with E-state index in [1.54, 1.807) is 6.07 Å². The Morgan fingerprint density at radius 2 is 1.75 bits per heavy atom. The number of aromatic nitrogens is 4. The van der Waals surface area contributed by atoms with Crippen molar-refractivity contribution in [2.75, 3.05) is 5.43 Å². The van der Waals surface area contributed by atoms with Gasteiger partial charge in [0.2, 0.25) is 0 Å². The third-order valence-corrected chi connectivity index (χ3v) is 3.80. The van der Waals surface area contributed by atoms with E-state index >= 15 is 0 Å². The molecule has 0 saturated carbocycles. The molecule has 0 amide bonds. The van der Waals surface area contributed by atoms with Crippen LogP contribution in [0.25, 0.3) is 0 Å². The molecule has 0 bridgehead atoms. The fourth-order valence-corrected chi connectivity index (χ4v) is 2.51. The SMILES string of the molecule is CCc1nc(NN)cc(Sc2nc(C)c(C)c(C)n2)n1. The summed E-state index contributed by atoms with van der Waals surface area (Å²) in [5, 5.41) is 1.47. The van der Waals surface area contributed by atoms with E-state index in [-0.39, 0.29) is 0 Å². The first kappa shape index (κ1) is 14.7. The molecule has 20 heavy (non-hydrogen) atoms. The second-order valence-corrected chi connectivity index (χ2v) is 5.40. The first-order valence-electron chi connectivity index (χ1n) is 6.37. The van der Waals surface area contributed by atoms with Crippen LogP contribution >= 0.6 is 11.8 Å². The highest BCUT2D eigenvalue weighted by atomic mass is 32.2. The van der Waals surface area contributed by atoms with Crippen molar-refractivity contribution in [3.63, 3.8) is 0 Å². The minimum absolute atomic E-state index is 0.597. The average Bonchev–Trinajstić information content (AvgIpc) is 2.44. The number of hydrazine groups is 1. The Hall–Kier alpha value is -1.73. The number of anilines is 1. The molecule has 0 saturated heterocycles. The zero-order valence-electron chi connectivity index (χ0n) is 12.1. The molecule has 2 aromatic rings. The van der Waals surface area contributed by atoms with E-state index in [2.05, 4.69) is 25.4 Å². The van der Waals surface area contributed by atoms with Gasteiger partial charge in [-0.05, 0) is 38.1 Å². The summed E-state index contributed by atoms with van der Waals surface area (Å²) in [5.41, 5.74) is 5.65. The van der Waals surface area contributed by atoms with Crippen LogP contribution in [0.4, 0.5) is 5.82 Å². The molecular formula is C13H18N6S. The van der Waals surface area contributed by atoms with Gasteiger partial charge >= 0.3 is 0 Å². The number of rotatable bonds is 4. The van der Waals surface area contributed by atoms with Gasteiger partial charge in [0.25, 0.3) is 0 Å². The molecular weight excluding hydrogens is 272 g/mol. The number of nitrogens with one attached hydrogen (secondary N) is 1. The number of nitrogens with two attached hydrogens (primary N) is 1. The maximum absolute atomic E-state index is 5.42. The van der Waals surface area contributed by atoms with Crippen LogP contribution in [0.2, 0.25) is 0 Å². The molecule has 3 N–H and O–H groups in total. The van der Waals surface area contributed by atoms with Gasteiger partial charge in [0.05, 0.1) is 0 Å². The van der Waals surface area contributed by atoms with Gasteiger partial charge in [-0.2, -0.15) is 0 Å². The maximum atomic E-state index is 5.42. The van der Waals surface area contributed by atoms with Crippen LogP contribution in [0.3, 0.4) is 0 Å². The van der Waals surface area contributed by atoms with Crippen molar-refractivity contribution in [1.29, 1.82) is 0 Å². The zero-order valence-corrected chi connectivity index (χ0v) is 12.9. The average molecular weight is 290 g/mol. The van der Waals surface area contributed by atoms with E-state index < -0.39 is 0 Å². The third-order valence-electron chi connectivity index (χ3n) is 3.02. The molecule has 2 heterocycles. The van der Waals surface area contributed by atoms with Gasteiger partial charge in [-0.15, -0.1) is 0 Å². The van der Waals surface area contributed by atoms with Crippen molar-refractivity contribution in [3.8, 4) is 0 Å². The molecule has 2 rings (SSSR count). The van der Waals surface area contributed by atoms with E-state index in [0.29, 0.717) is 11.0 Å². The van der Waals surface area contributed by atoms with E-state index in [4.69, 9.17) is 5.84 Å². The molecule has 2 aromatic heterocycles. The molecule has 0 aliphatic heterocycles. The van der Waals surface area contributed by atoms with Crippen molar-refractivity contribution >= 4 is 17.6 Å². The predicted molar refractivity (Wildman–Crippen MR) is 79.6 cm³/mol. The lowest BCUT2D eigenvalue weighted by Gasteiger charge is -2.08. The van der Waals surface area contributed by atoms with Gasteiger partial charge in [0.1, 0.15) is 16.7 Å². The second kappa shape index (κ2) is 6.15. The molecule has 7 heteroatoms. The van der Waals surface area contributed by atoms with Crippen LogP contribution < -0.4 is 11.3 Å². The van der Waals surface area contributed by atoms with Crippen LogP contribution in [0.1, 0.15) is 29.7 Å². The fraction of sp³-hybridized carbons (Fsp3) is 0.385. The molecule has 0 aromatic carbocycles. The van der Waals surface area contributed by atoms with Crippen molar-refractivity contribution in [2.45, 2.75) is 44.3 Å². The fourth-order valence-electron chi connectivity index (χ4n) is 1.64. The highest BCUT2D eigenvalue weighted by Gasteiger charge is 2.09. The van der Waals surface area contributed by atoms with E-state index in [0.717, 1.165) is 34.2 Å². The minimum Gasteiger partial charge on any atom is -0.308 e. The van der Waals surface area contributed by atoms with E-state index in [1.807, 2.05) is 27.7 Å². The van der Waals surface area contributed by atoms with Gasteiger partial charge in [-0.3, -0.25) is 0 Å². The van der Waals surface area contributed by atoms with Crippen molar-refractivity contribution in [1.82, 2.24) is 19.9 Å². The molecule has 0 unspecified atom stereocenters. The topological polar surface area (TPSA) is 89.6 Å². The van der Waals surface area contributed by atoms with Crippen LogP contribution in [0.15, 0.2) is 16.2 Å². The summed E-state index contributed by atoms with van der Waals surface area (Å²) in [6.45, 7) is 7.99. The summed E-state index contributed by atoms with van der Waals surface area (Å²) >= 11 is 1.41. The first-order valence-corrected chi connectivity index (χ1v) is 7.19. The van der Waals surface area contributed by atoms with Crippen molar-refractivity contribution < 1.29 is 0 Å². The molecule has 0 spiro atoms. The summed E-state index contributed by atoms with van der Waals surface area (Å²) in [5.74, 6) is 6.76. The van der Waals surface area contributed by atoms with Gasteiger partial charge < -0.3 is 5.43 Å². The lowest BCUT2D eigenvalue weighted by Crippen LogP contribution is -2.10. The highest BCUT2D eigenvalue weighted by molar-refractivity contribution is 7.99. The lowest BCUT2D eigenvalue weighted by atomic mass is 10.2. The monoisotopic (exact) mass is 290 g/mol. The number of hydrogen-bond donors (Lipinski definition) is 2. The molecule has 0 aliphatic rings. The quantitative estimate of drug-likeness (QED) is 0.386. The molecule has 6 nitrogen and oxygen atoms in total. The van der Waals surface area contributed by atoms with Gasteiger partial charge in [0, 0.05) is 23.9 Å². The van der Waals surface area contributed by atoms with Crippen LogP contribution in [-0.2, 0) is 6.42 Å². The molecule has 0 aliphatic carbocycles. The highest BCUT2D eigenvalue weighted by Crippen LogP contribution is 2.25. The Kier molecular flexibility index (Phi) is 4.51. The summed E-state index contributed by atoms with van der Waals surface area (Å²) in [6.07, 6.45) is 0.746. The summed E-state index contributed by atoms with van der Waals surface area (Å²) in [6, 6.07) is 1.79. The Morgan fingerprint density at radius 3 is 2.30 bits per heavy atom. The number of hydrogen-bond acceptors (Lipinski definition) is 7. The second-order valence-electron chi connectivity index (χ2n) is 4.41. The maximum Gasteiger partial charge on any atom is 0.194 e. The summed E-state index contributed by atoms with van der Waals surface area (Å²) in [7, 11) is 0. The lowest BCUT2D eigenvalue weighted by molar-refractivity contribution is 0.863. The smallest absolute Gasteiger partial charge is 0.194 e. The third kappa shape index (κ3) is 3.23. The Bertz CT molecular complexity index is 583. The molecule has 106 valence electrons. The van der Waals surface area contributed by atoms with Crippen LogP contribution in [-0.4, -0.2) is 19.9 Å². The first-order chi connectivity index (χ1) is 9.53. The number of nitrogens with zero attached hydrogens (tertiary/aromatic N) is 4. The van der Waals surface area contributed by atoms with Gasteiger partial charge in [-0.25, -0.2) is 25.8 Å². The normalized spacial score (nSPS) is 10.7. The molecule has 0 fully saturated rings. The summed E-state index contributed by atoms with van der Waals surface area (Å²) in [4.78, 5) is 17.7. The number of nitrogen functional groups attached to an aromatic ring is 1. The Labute approximate surface area is 122 Å². The van der Waals surface area contributed by atoms with Crippen molar-refractivity contribution in [2.24, 2.45) is 5.84 Å². The standard InChI is InChI=1S/C13H18N6S/c1-5-10-17-11(19-14)6-12(18-10)20-13-15-8(3)7(2)9(4)16-13/h6H,5,14H2,1-4H3,(H,17,18,19). The van der Waals surface area contributed by atoms with E-state index in [1.165, 1.54) is 11.8 Å². The Morgan fingerprint density at radius 1 is 1.10 bits per heavy atom. The van der Waals surface area contributed by atoms with E-state index in [9.17, 15) is 0 Å². The molecule has 0 atom stereocenters. The van der Waals surface area contributed by atoms with Crippen LogP contribution in [0, 0.1) is 20.8 Å². The van der Waals surface area contributed by atoms with Gasteiger partial charge in [-0.1, -0.05) is 6.92 Å². The van der Waals surface area contributed by atoms with Gasteiger partial charge in [0.15, 0.2) is 5.16 Å². The van der Waals surface area contributed by atoms with Crippen LogP contribution in [0.5, 0.6) is 0 Å². The van der Waals surface area contributed by atoms with Crippen molar-refractivity contribution in [3.05, 3.63) is 28.8 Å². The predicted octanol–water partition coefficient (Wildman–Crippen LogP) is 2.19. The summed E-state index contributed by atoms with van der Waals surface area (Å²) < 4.78 is 0. The zero-order chi connectivity index (χ0) is 14.7. The number of aryl methyl sites for hydroxylation is 3. The largest absolute Gasteiger partial charge is 0.308 e.